The molecule has 0 radical (unpaired) electrons. The normalized spacial score (nSPS) is 12.2. The largest absolute Gasteiger partial charge is 0.360 e. The molecule has 0 amide bonds. The molecule has 0 bridgehead atoms. The van der Waals surface area contributed by atoms with E-state index in [0.717, 1.165) is 16.3 Å². The van der Waals surface area contributed by atoms with E-state index in [9.17, 15) is 0 Å². The molecule has 0 spiro atoms. The summed E-state index contributed by atoms with van der Waals surface area (Å²) >= 11 is 1.14. The second kappa shape index (κ2) is 3.19. The maximum atomic E-state index is 2.49. The van der Waals surface area contributed by atoms with Crippen LogP contribution in [0.1, 0.15) is 37.6 Å². The van der Waals surface area contributed by atoms with Crippen molar-refractivity contribution < 1.29 is 0 Å². The lowest BCUT2D eigenvalue weighted by molar-refractivity contribution is 0.399. The Morgan fingerprint density at radius 2 is 1.46 bits per heavy atom. The zero-order valence-corrected chi connectivity index (χ0v) is 11.9. The van der Waals surface area contributed by atoms with E-state index in [1.54, 1.807) is 4.56 Å². The lowest BCUT2D eigenvalue weighted by Crippen LogP contribution is -2.33. The topological polar surface area (TPSA) is 4.93 Å². The predicted octanol–water partition coefficient (Wildman–Crippen LogP) is 1.43. The highest BCUT2D eigenvalue weighted by Gasteiger charge is 2.19. The van der Waals surface area contributed by atoms with E-state index in [1.807, 2.05) is 0 Å². The van der Waals surface area contributed by atoms with Crippen LogP contribution in [0.25, 0.3) is 0 Å². The smallest absolute Gasteiger partial charge is 0.286 e. The summed E-state index contributed by atoms with van der Waals surface area (Å²) in [5.74, 6) is 0. The summed E-state index contributed by atoms with van der Waals surface area (Å²) in [5.41, 5.74) is 4.65. The van der Waals surface area contributed by atoms with Crippen LogP contribution in [0.3, 0.4) is 0 Å². The first-order valence-electron chi connectivity index (χ1n) is 4.92. The Morgan fingerprint density at radius 1 is 1.00 bits per heavy atom. The molecule has 1 aromatic rings. The quantitative estimate of drug-likeness (QED) is 0.549. The van der Waals surface area contributed by atoms with Crippen molar-refractivity contribution in [2.75, 3.05) is 0 Å². The highest BCUT2D eigenvalue weighted by Crippen LogP contribution is 2.20. The molecule has 13 heavy (non-hydrogen) atoms. The molecule has 0 saturated heterocycles. The van der Waals surface area contributed by atoms with Gasteiger partial charge < -0.3 is 4.57 Å². The molecular weight excluding hydrogens is 173 g/mol. The van der Waals surface area contributed by atoms with E-state index >= 15 is 0 Å². The molecule has 0 aromatic carbocycles. The van der Waals surface area contributed by atoms with Crippen molar-refractivity contribution in [1.29, 1.82) is 0 Å². The summed E-state index contributed by atoms with van der Waals surface area (Å²) in [6.07, 6.45) is 0. The van der Waals surface area contributed by atoms with Crippen molar-refractivity contribution in [1.82, 2.24) is 4.57 Å². The van der Waals surface area contributed by atoms with Crippen molar-refractivity contribution in [3.63, 3.8) is 0 Å². The number of aromatic nitrogens is 1. The molecule has 0 atom stereocenters. The van der Waals surface area contributed by atoms with Crippen LogP contribution in [0.4, 0.5) is 0 Å². The second-order valence-electron chi connectivity index (χ2n) is 4.93. The summed E-state index contributed by atoms with van der Waals surface area (Å²) in [6.45, 7) is 13.5. The van der Waals surface area contributed by atoms with Crippen LogP contribution in [-0.2, 0) is 5.54 Å². The highest BCUT2D eigenvalue weighted by molar-refractivity contribution is 6.32. The minimum Gasteiger partial charge on any atom is -0.360 e. The van der Waals surface area contributed by atoms with Crippen molar-refractivity contribution in [2.24, 2.45) is 0 Å². The van der Waals surface area contributed by atoms with Crippen molar-refractivity contribution in [3.8, 4) is 0 Å². The Kier molecular flexibility index (Phi) is 2.67. The molecule has 0 N–H and O–H groups in total. The summed E-state index contributed by atoms with van der Waals surface area (Å²) in [7, 11) is 0. The van der Waals surface area contributed by atoms with Crippen LogP contribution >= 0.6 is 0 Å². The lowest BCUT2D eigenvalue weighted by atomic mass is 10.1. The van der Waals surface area contributed by atoms with Crippen molar-refractivity contribution >= 4 is 20.8 Å². The molecule has 1 aromatic heterocycles. The molecule has 1 heterocycles. The van der Waals surface area contributed by atoms with Gasteiger partial charge in [-0.05, 0) is 52.7 Å². The average molecular weight is 193 g/mol. The van der Waals surface area contributed by atoms with Crippen LogP contribution in [0.2, 0.25) is 0 Å². The highest BCUT2D eigenvalue weighted by atomic mass is 27.0. The van der Waals surface area contributed by atoms with Crippen LogP contribution in [-0.4, -0.2) is 20.9 Å². The third-order valence-corrected chi connectivity index (χ3v) is 4.19. The monoisotopic (exact) mass is 193 g/mol. The van der Waals surface area contributed by atoms with Gasteiger partial charge in [-0.2, -0.15) is 0 Å². The van der Waals surface area contributed by atoms with E-state index in [1.165, 1.54) is 16.8 Å². The first-order chi connectivity index (χ1) is 5.76. The zero-order chi connectivity index (χ0) is 10.4. The third-order valence-electron chi connectivity index (χ3n) is 2.99. The molecule has 1 nitrogen and oxygen atoms in total. The summed E-state index contributed by atoms with van der Waals surface area (Å²) < 4.78 is 4.03. The van der Waals surface area contributed by atoms with Gasteiger partial charge in [-0.1, -0.05) is 4.56 Å². The first kappa shape index (κ1) is 10.9. The molecule has 0 saturated carbocycles. The van der Waals surface area contributed by atoms with Crippen LogP contribution in [0, 0.1) is 20.8 Å². The minimum atomic E-state index is 0.236. The van der Waals surface area contributed by atoms with E-state index in [4.69, 9.17) is 0 Å². The van der Waals surface area contributed by atoms with E-state index in [-0.39, 0.29) is 5.54 Å². The Balaban J connectivity index is 3.47. The Hall–Kier alpha value is -0.188. The Morgan fingerprint density at radius 3 is 1.62 bits per heavy atom. The summed E-state index contributed by atoms with van der Waals surface area (Å²) in [4.78, 5) is 0. The van der Waals surface area contributed by atoms with Gasteiger partial charge >= 0.3 is 0 Å². The Bertz CT molecular complexity index is 303. The molecule has 0 unspecified atom stereocenters. The lowest BCUT2D eigenvalue weighted by Gasteiger charge is -2.26. The standard InChI is InChI=1S/C11H18N.Al.2H/c1-8-7-12(11(4,5)6)10(3)9(8)2;;;/h1-6H3;;;. The maximum absolute atomic E-state index is 2.49. The number of nitrogens with zero attached hydrogens (tertiary/aromatic N) is 1. The summed E-state index contributed by atoms with van der Waals surface area (Å²) in [5, 5.41) is 0. The fraction of sp³-hybridized carbons (Fsp3) is 0.636. The van der Waals surface area contributed by atoms with Gasteiger partial charge in [0.1, 0.15) is 0 Å². The fourth-order valence-electron chi connectivity index (χ4n) is 2.14. The van der Waals surface area contributed by atoms with Gasteiger partial charge in [0.15, 0.2) is 0 Å². The van der Waals surface area contributed by atoms with Gasteiger partial charge in [0.25, 0.3) is 16.3 Å². The number of hydrogen-bond acceptors (Lipinski definition) is 0. The van der Waals surface area contributed by atoms with Gasteiger partial charge in [0.2, 0.25) is 0 Å². The molecule has 2 heteroatoms. The minimum absolute atomic E-state index is 0.236. The average Bonchev–Trinajstić information content (AvgIpc) is 2.14. The molecule has 72 valence electrons. The van der Waals surface area contributed by atoms with E-state index < -0.39 is 0 Å². The van der Waals surface area contributed by atoms with Gasteiger partial charge in [-0.25, -0.2) is 0 Å². The van der Waals surface area contributed by atoms with Gasteiger partial charge in [-0.3, -0.25) is 0 Å². The van der Waals surface area contributed by atoms with Crippen LogP contribution < -0.4 is 4.56 Å². The van der Waals surface area contributed by atoms with Gasteiger partial charge in [-0.15, -0.1) is 0 Å². The van der Waals surface area contributed by atoms with E-state index in [0.29, 0.717) is 0 Å². The molecular formula is C11H20AlN. The number of hydrogen-bond donors (Lipinski definition) is 0. The van der Waals surface area contributed by atoms with Crippen LogP contribution in [0.5, 0.6) is 0 Å². The second-order valence-corrected chi connectivity index (χ2v) is 5.87. The predicted molar refractivity (Wildman–Crippen MR) is 61.8 cm³/mol. The molecule has 1 rings (SSSR count). The SMILES string of the molecule is Cc1c(C)[c]([AlH2])n(C(C)(C)C)c1C. The zero-order valence-electron chi connectivity index (χ0n) is 9.95. The van der Waals surface area contributed by atoms with Crippen LogP contribution in [0.15, 0.2) is 0 Å². The molecule has 0 aliphatic heterocycles. The molecule has 0 aliphatic rings. The molecule has 0 aliphatic carbocycles. The fourth-order valence-corrected chi connectivity index (χ4v) is 3.52. The maximum Gasteiger partial charge on any atom is 0.286 e. The van der Waals surface area contributed by atoms with Crippen molar-refractivity contribution in [3.05, 3.63) is 16.8 Å². The van der Waals surface area contributed by atoms with Crippen molar-refractivity contribution in [2.45, 2.75) is 47.1 Å². The van der Waals surface area contributed by atoms with Gasteiger partial charge in [0, 0.05) is 11.2 Å². The van der Waals surface area contributed by atoms with Gasteiger partial charge in [0.05, 0.1) is 0 Å². The first-order valence-corrected chi connectivity index (χ1v) is 5.92. The molecule has 0 fully saturated rings. The number of rotatable bonds is 0. The summed E-state index contributed by atoms with van der Waals surface area (Å²) in [6, 6.07) is 0. The van der Waals surface area contributed by atoms with E-state index in [2.05, 4.69) is 46.1 Å². The third kappa shape index (κ3) is 1.71. The Labute approximate surface area is 89.6 Å².